The Hall–Kier alpha value is -2.16. The molecule has 0 aliphatic heterocycles. The first-order valence-electron chi connectivity index (χ1n) is 7.51. The van der Waals surface area contributed by atoms with Crippen LogP contribution in [0.5, 0.6) is 11.5 Å². The van der Waals surface area contributed by atoms with Crippen LogP contribution in [0.3, 0.4) is 0 Å². The number of ether oxygens (including phenoxy) is 3. The average molecular weight is 434 g/mol. The van der Waals surface area contributed by atoms with Gasteiger partial charge in [0.05, 0.1) is 32.0 Å². The Bertz CT molecular complexity index is 948. The molecule has 2 aromatic carbocycles. The summed E-state index contributed by atoms with van der Waals surface area (Å²) in [6, 6.07) is 8.46. The Morgan fingerprint density at radius 1 is 1.00 bits per heavy atom. The number of methoxy groups -OCH3 is 3. The number of anilines is 1. The Morgan fingerprint density at radius 3 is 2.26 bits per heavy atom. The van der Waals surface area contributed by atoms with E-state index in [1.54, 1.807) is 0 Å². The van der Waals surface area contributed by atoms with Crippen LogP contribution < -0.4 is 13.8 Å². The number of benzene rings is 2. The molecule has 0 bridgehead atoms. The molecule has 27 heavy (non-hydrogen) atoms. The van der Waals surface area contributed by atoms with E-state index in [0.717, 1.165) is 11.4 Å². The first-order valence-corrected chi connectivity index (χ1v) is 9.70. The van der Waals surface area contributed by atoms with E-state index in [2.05, 4.69) is 4.74 Å². The molecule has 0 unspecified atom stereocenters. The molecule has 10 heteroatoms. The molecule has 0 fully saturated rings. The third-order valence-electron chi connectivity index (χ3n) is 3.62. The van der Waals surface area contributed by atoms with Gasteiger partial charge < -0.3 is 14.2 Å². The summed E-state index contributed by atoms with van der Waals surface area (Å²) >= 11 is 12.0. The summed E-state index contributed by atoms with van der Waals surface area (Å²) in [5.41, 5.74) is 0.161. The van der Waals surface area contributed by atoms with E-state index in [1.807, 2.05) is 0 Å². The maximum atomic E-state index is 13.2. The van der Waals surface area contributed by atoms with Crippen LogP contribution in [0, 0.1) is 0 Å². The average Bonchev–Trinajstić information content (AvgIpc) is 2.66. The maximum absolute atomic E-state index is 13.2. The molecule has 146 valence electrons. The maximum Gasteiger partial charge on any atom is 0.326 e. The lowest BCUT2D eigenvalue weighted by Gasteiger charge is -2.24. The quantitative estimate of drug-likeness (QED) is 0.622. The zero-order chi connectivity index (χ0) is 20.2. The monoisotopic (exact) mass is 433 g/mol. The number of rotatable bonds is 7. The van der Waals surface area contributed by atoms with E-state index in [9.17, 15) is 13.2 Å². The molecule has 0 N–H and O–H groups in total. The Labute approximate surface area is 167 Å². The van der Waals surface area contributed by atoms with Crippen LogP contribution in [0.25, 0.3) is 0 Å². The minimum atomic E-state index is -4.24. The molecule has 0 saturated heterocycles. The van der Waals surface area contributed by atoms with E-state index in [0.29, 0.717) is 5.75 Å². The highest BCUT2D eigenvalue weighted by molar-refractivity contribution is 7.93. The summed E-state index contributed by atoms with van der Waals surface area (Å²) in [5, 5.41) is 0.151. The highest BCUT2D eigenvalue weighted by Gasteiger charge is 2.30. The van der Waals surface area contributed by atoms with Gasteiger partial charge in [0.1, 0.15) is 11.4 Å². The molecule has 7 nitrogen and oxygen atoms in total. The molecule has 0 saturated carbocycles. The van der Waals surface area contributed by atoms with Crippen molar-refractivity contribution in [3.63, 3.8) is 0 Å². The highest BCUT2D eigenvalue weighted by atomic mass is 35.5. The lowest BCUT2D eigenvalue weighted by molar-refractivity contribution is -0.138. The highest BCUT2D eigenvalue weighted by Crippen LogP contribution is 2.35. The van der Waals surface area contributed by atoms with Crippen LogP contribution in [0.2, 0.25) is 10.0 Å². The SMILES string of the molecule is COC(=O)CN(c1ccc(OC)c(OC)c1)S(=O)(=O)c1cc(Cl)ccc1Cl. The largest absolute Gasteiger partial charge is 0.493 e. The van der Waals surface area contributed by atoms with E-state index in [4.69, 9.17) is 32.7 Å². The van der Waals surface area contributed by atoms with E-state index in [-0.39, 0.29) is 26.4 Å². The number of carbonyl (C=O) groups excluding carboxylic acids is 1. The van der Waals surface area contributed by atoms with E-state index >= 15 is 0 Å². The molecule has 2 aromatic rings. The van der Waals surface area contributed by atoms with E-state index < -0.39 is 22.5 Å². The van der Waals surface area contributed by atoms with Gasteiger partial charge in [-0.2, -0.15) is 0 Å². The molecule has 0 amide bonds. The van der Waals surface area contributed by atoms with Gasteiger partial charge >= 0.3 is 5.97 Å². The van der Waals surface area contributed by atoms with Gasteiger partial charge in [-0.05, 0) is 30.3 Å². The summed E-state index contributed by atoms with van der Waals surface area (Å²) < 4.78 is 42.3. The smallest absolute Gasteiger partial charge is 0.326 e. The van der Waals surface area contributed by atoms with Crippen molar-refractivity contribution in [1.29, 1.82) is 0 Å². The summed E-state index contributed by atoms with van der Waals surface area (Å²) in [6.45, 7) is -0.572. The molecular formula is C17H17Cl2NO6S. The fraction of sp³-hybridized carbons (Fsp3) is 0.235. The lowest BCUT2D eigenvalue weighted by Crippen LogP contribution is -2.36. The van der Waals surface area contributed by atoms with Crippen molar-refractivity contribution < 1.29 is 27.4 Å². The summed E-state index contributed by atoms with van der Waals surface area (Å²) in [7, 11) is -0.215. The Morgan fingerprint density at radius 2 is 1.67 bits per heavy atom. The Kier molecular flexibility index (Phi) is 6.80. The third-order valence-corrected chi connectivity index (χ3v) is 6.11. The summed E-state index contributed by atoms with van der Waals surface area (Å²) in [6.07, 6.45) is 0. The van der Waals surface area contributed by atoms with Crippen molar-refractivity contribution in [3.05, 3.63) is 46.4 Å². The molecule has 0 aliphatic carbocycles. The first kappa shape index (κ1) is 21.1. The number of carbonyl (C=O) groups is 1. The van der Waals surface area contributed by atoms with Crippen LogP contribution in [-0.4, -0.2) is 42.3 Å². The Balaban J connectivity index is 2.64. The van der Waals surface area contributed by atoms with Crippen LogP contribution in [0.1, 0.15) is 0 Å². The predicted octanol–water partition coefficient (Wildman–Crippen LogP) is 3.38. The van der Waals surface area contributed by atoms with Gasteiger partial charge in [0.2, 0.25) is 0 Å². The third kappa shape index (κ3) is 4.58. The van der Waals surface area contributed by atoms with Crippen LogP contribution in [0.15, 0.2) is 41.3 Å². The zero-order valence-electron chi connectivity index (χ0n) is 14.7. The van der Waals surface area contributed by atoms with Gasteiger partial charge in [-0.15, -0.1) is 0 Å². The van der Waals surface area contributed by atoms with E-state index in [1.165, 1.54) is 50.6 Å². The summed E-state index contributed by atoms with van der Waals surface area (Å²) in [4.78, 5) is 11.6. The van der Waals surface area contributed by atoms with Gasteiger partial charge in [-0.3, -0.25) is 9.10 Å². The van der Waals surface area contributed by atoms with Gasteiger partial charge in [-0.1, -0.05) is 23.2 Å². The molecule has 0 aliphatic rings. The molecular weight excluding hydrogens is 417 g/mol. The topological polar surface area (TPSA) is 82.1 Å². The van der Waals surface area contributed by atoms with Crippen LogP contribution in [0.4, 0.5) is 5.69 Å². The molecule has 0 atom stereocenters. The standard InChI is InChI=1S/C17H17Cl2NO6S/c1-24-14-7-5-12(9-15(14)25-2)20(10-17(21)26-3)27(22,23)16-8-11(18)4-6-13(16)19/h4-9H,10H2,1-3H3. The molecule has 0 spiro atoms. The van der Waals surface area contributed by atoms with Crippen LogP contribution >= 0.6 is 23.2 Å². The molecule has 0 heterocycles. The van der Waals surface area contributed by atoms with Crippen molar-refractivity contribution in [3.8, 4) is 11.5 Å². The molecule has 0 aromatic heterocycles. The summed E-state index contributed by atoms with van der Waals surface area (Å²) in [5.74, 6) is -0.0683. The van der Waals surface area contributed by atoms with Crippen molar-refractivity contribution in [2.45, 2.75) is 4.90 Å². The zero-order valence-corrected chi connectivity index (χ0v) is 17.1. The molecule has 0 radical (unpaired) electrons. The number of sulfonamides is 1. The normalized spacial score (nSPS) is 11.0. The van der Waals surface area contributed by atoms with Gasteiger partial charge in [0.15, 0.2) is 11.5 Å². The van der Waals surface area contributed by atoms with Crippen LogP contribution in [-0.2, 0) is 19.6 Å². The predicted molar refractivity (Wildman–Crippen MR) is 103 cm³/mol. The van der Waals surface area contributed by atoms with Crippen molar-refractivity contribution in [2.75, 3.05) is 32.2 Å². The van der Waals surface area contributed by atoms with Crippen molar-refractivity contribution >= 4 is 44.9 Å². The number of esters is 1. The van der Waals surface area contributed by atoms with Gasteiger partial charge in [0.25, 0.3) is 10.0 Å². The lowest BCUT2D eigenvalue weighted by atomic mass is 10.2. The second-order valence-electron chi connectivity index (χ2n) is 5.20. The second kappa shape index (κ2) is 8.69. The fourth-order valence-electron chi connectivity index (χ4n) is 2.27. The second-order valence-corrected chi connectivity index (χ2v) is 7.88. The number of hydrogen-bond acceptors (Lipinski definition) is 6. The van der Waals surface area contributed by atoms with Gasteiger partial charge in [-0.25, -0.2) is 8.42 Å². The van der Waals surface area contributed by atoms with Gasteiger partial charge in [0, 0.05) is 11.1 Å². The van der Waals surface area contributed by atoms with Crippen molar-refractivity contribution in [1.82, 2.24) is 0 Å². The first-order chi connectivity index (χ1) is 12.7. The minimum absolute atomic E-state index is 0.0326. The number of hydrogen-bond donors (Lipinski definition) is 0. The number of nitrogens with zero attached hydrogens (tertiary/aromatic N) is 1. The fourth-order valence-corrected chi connectivity index (χ4v) is 4.41. The minimum Gasteiger partial charge on any atom is -0.493 e. The molecule has 2 rings (SSSR count). The van der Waals surface area contributed by atoms with Crippen molar-refractivity contribution in [2.24, 2.45) is 0 Å². The number of halogens is 2.